The molecule has 0 saturated carbocycles. The van der Waals surface area contributed by atoms with E-state index in [2.05, 4.69) is 14.9 Å². The van der Waals surface area contributed by atoms with E-state index in [1.54, 1.807) is 12.1 Å². The second kappa shape index (κ2) is 5.62. The molecule has 1 rings (SSSR count). The van der Waals surface area contributed by atoms with Gasteiger partial charge in [0.15, 0.2) is 5.82 Å². The van der Waals surface area contributed by atoms with Crippen LogP contribution in [0.1, 0.15) is 12.8 Å². The first kappa shape index (κ1) is 11.9. The van der Waals surface area contributed by atoms with Gasteiger partial charge < -0.3 is 5.73 Å². The predicted octanol–water partition coefficient (Wildman–Crippen LogP) is -0.0428. The lowest BCUT2D eigenvalue weighted by Crippen LogP contribution is -2.18. The summed E-state index contributed by atoms with van der Waals surface area (Å²) in [6.45, 7) is 0.501. The van der Waals surface area contributed by atoms with Crippen molar-refractivity contribution in [2.75, 3.05) is 17.0 Å². The van der Waals surface area contributed by atoms with Gasteiger partial charge in [-0.1, -0.05) is 0 Å². The Balaban J connectivity index is 2.50. The van der Waals surface area contributed by atoms with E-state index in [0.717, 1.165) is 0 Å². The van der Waals surface area contributed by atoms with Crippen LogP contribution in [0.3, 0.4) is 0 Å². The number of nitrogens with one attached hydrogen (secondary N) is 1. The largest absolute Gasteiger partial charge is 0.330 e. The van der Waals surface area contributed by atoms with E-state index in [0.29, 0.717) is 19.4 Å². The number of hydrogen-bond donors (Lipinski definition) is 2. The van der Waals surface area contributed by atoms with Crippen molar-refractivity contribution in [1.29, 1.82) is 0 Å². The zero-order chi connectivity index (χ0) is 11.1. The molecular weight excluding hydrogens is 216 g/mol. The number of nitrogens with zero attached hydrogens (tertiary/aromatic N) is 2. The molecule has 0 spiro atoms. The molecule has 0 aliphatic heterocycles. The van der Waals surface area contributed by atoms with Gasteiger partial charge in [-0.15, -0.1) is 5.10 Å². The van der Waals surface area contributed by atoms with Crippen LogP contribution in [0.4, 0.5) is 5.82 Å². The molecule has 6 nitrogen and oxygen atoms in total. The minimum Gasteiger partial charge on any atom is -0.330 e. The molecule has 0 radical (unpaired) electrons. The zero-order valence-corrected chi connectivity index (χ0v) is 9.07. The van der Waals surface area contributed by atoms with Crippen molar-refractivity contribution < 1.29 is 8.42 Å². The van der Waals surface area contributed by atoms with Crippen LogP contribution in [0.5, 0.6) is 0 Å². The highest BCUT2D eigenvalue weighted by molar-refractivity contribution is 7.92. The molecule has 3 N–H and O–H groups in total. The fraction of sp³-hybridized carbons (Fsp3) is 0.500. The van der Waals surface area contributed by atoms with Crippen LogP contribution in [0.2, 0.25) is 0 Å². The maximum Gasteiger partial charge on any atom is 0.233 e. The first-order valence-corrected chi connectivity index (χ1v) is 6.27. The molecule has 0 saturated heterocycles. The third-order valence-corrected chi connectivity index (χ3v) is 3.05. The Kier molecular flexibility index (Phi) is 4.44. The molecule has 84 valence electrons. The molecule has 7 heteroatoms. The molecular formula is C8H14N4O2S. The Hall–Kier alpha value is -1.21. The SMILES string of the molecule is NCCCCS(=O)(=O)Nc1cccnn1. The number of aromatic nitrogens is 2. The number of anilines is 1. The predicted molar refractivity (Wildman–Crippen MR) is 57.7 cm³/mol. The van der Waals surface area contributed by atoms with Crippen LogP contribution in [0.15, 0.2) is 18.3 Å². The molecule has 1 aromatic heterocycles. The maximum atomic E-state index is 11.5. The van der Waals surface area contributed by atoms with Gasteiger partial charge in [0.2, 0.25) is 10.0 Å². The normalized spacial score (nSPS) is 11.3. The number of nitrogens with two attached hydrogens (primary N) is 1. The van der Waals surface area contributed by atoms with Crippen molar-refractivity contribution in [2.45, 2.75) is 12.8 Å². The highest BCUT2D eigenvalue weighted by Gasteiger charge is 2.10. The highest BCUT2D eigenvalue weighted by Crippen LogP contribution is 2.04. The molecule has 15 heavy (non-hydrogen) atoms. The number of sulfonamides is 1. The van der Waals surface area contributed by atoms with E-state index in [-0.39, 0.29) is 11.6 Å². The van der Waals surface area contributed by atoms with E-state index in [1.165, 1.54) is 6.20 Å². The summed E-state index contributed by atoms with van der Waals surface area (Å²) >= 11 is 0. The van der Waals surface area contributed by atoms with Crippen molar-refractivity contribution in [3.63, 3.8) is 0 Å². The van der Waals surface area contributed by atoms with Gasteiger partial charge in [-0.25, -0.2) is 8.42 Å². The smallest absolute Gasteiger partial charge is 0.233 e. The topological polar surface area (TPSA) is 98.0 Å². The van der Waals surface area contributed by atoms with Crippen LogP contribution in [0, 0.1) is 0 Å². The molecule has 0 aromatic carbocycles. The molecule has 0 atom stereocenters. The van der Waals surface area contributed by atoms with Gasteiger partial charge in [0, 0.05) is 6.20 Å². The van der Waals surface area contributed by atoms with Gasteiger partial charge in [0.05, 0.1) is 5.75 Å². The summed E-state index contributed by atoms with van der Waals surface area (Å²) in [5.41, 5.74) is 5.27. The van der Waals surface area contributed by atoms with Crippen molar-refractivity contribution in [1.82, 2.24) is 10.2 Å². The average molecular weight is 230 g/mol. The molecule has 1 heterocycles. The minimum atomic E-state index is -3.31. The minimum absolute atomic E-state index is 0.0563. The molecule has 0 bridgehead atoms. The lowest BCUT2D eigenvalue weighted by molar-refractivity contribution is 0.596. The Morgan fingerprint density at radius 3 is 2.80 bits per heavy atom. The van der Waals surface area contributed by atoms with Gasteiger partial charge in [0.1, 0.15) is 0 Å². The van der Waals surface area contributed by atoms with E-state index in [9.17, 15) is 8.42 Å². The van der Waals surface area contributed by atoms with Gasteiger partial charge in [0.25, 0.3) is 0 Å². The molecule has 0 unspecified atom stereocenters. The third-order valence-electron chi connectivity index (χ3n) is 1.70. The summed E-state index contributed by atoms with van der Waals surface area (Å²) in [6.07, 6.45) is 2.72. The van der Waals surface area contributed by atoms with Gasteiger partial charge in [-0.05, 0) is 31.5 Å². The van der Waals surface area contributed by atoms with Crippen molar-refractivity contribution in [3.8, 4) is 0 Å². The quantitative estimate of drug-likeness (QED) is 0.668. The van der Waals surface area contributed by atoms with Crippen molar-refractivity contribution >= 4 is 15.8 Å². The van der Waals surface area contributed by atoms with Gasteiger partial charge in [-0.3, -0.25) is 4.72 Å². The monoisotopic (exact) mass is 230 g/mol. The summed E-state index contributed by atoms with van der Waals surface area (Å²) in [7, 11) is -3.31. The summed E-state index contributed by atoms with van der Waals surface area (Å²) < 4.78 is 25.2. The van der Waals surface area contributed by atoms with Crippen LogP contribution >= 0.6 is 0 Å². The standard InChI is InChI=1S/C8H14N4O2S/c9-5-1-2-7-15(13,14)12-8-4-3-6-10-11-8/h3-4,6H,1-2,5,7,9H2,(H,11,12). The summed E-state index contributed by atoms with van der Waals surface area (Å²) in [4.78, 5) is 0. The Morgan fingerprint density at radius 2 is 2.20 bits per heavy atom. The van der Waals surface area contributed by atoms with Crippen molar-refractivity contribution in [2.24, 2.45) is 5.73 Å². The van der Waals surface area contributed by atoms with E-state index >= 15 is 0 Å². The second-order valence-corrected chi connectivity index (χ2v) is 4.87. The van der Waals surface area contributed by atoms with Crippen molar-refractivity contribution in [3.05, 3.63) is 18.3 Å². The molecule has 0 aliphatic carbocycles. The van der Waals surface area contributed by atoms with Crippen LogP contribution in [0.25, 0.3) is 0 Å². The van der Waals surface area contributed by atoms with Gasteiger partial charge in [-0.2, -0.15) is 5.10 Å². The Labute approximate surface area is 88.9 Å². The molecule has 0 aliphatic rings. The fourth-order valence-corrected chi connectivity index (χ4v) is 2.12. The highest BCUT2D eigenvalue weighted by atomic mass is 32.2. The summed E-state index contributed by atoms with van der Waals surface area (Å²) in [5, 5.41) is 7.20. The lowest BCUT2D eigenvalue weighted by Gasteiger charge is -2.05. The Morgan fingerprint density at radius 1 is 1.40 bits per heavy atom. The first-order chi connectivity index (χ1) is 7.14. The van der Waals surface area contributed by atoms with Crippen LogP contribution in [-0.4, -0.2) is 30.9 Å². The first-order valence-electron chi connectivity index (χ1n) is 4.62. The summed E-state index contributed by atoms with van der Waals surface area (Å²) in [5.74, 6) is 0.297. The van der Waals surface area contributed by atoms with Crippen LogP contribution in [-0.2, 0) is 10.0 Å². The third kappa shape index (κ3) is 4.71. The second-order valence-electron chi connectivity index (χ2n) is 3.03. The summed E-state index contributed by atoms with van der Waals surface area (Å²) in [6, 6.07) is 3.16. The van der Waals surface area contributed by atoms with E-state index in [1.807, 2.05) is 0 Å². The fourth-order valence-electron chi connectivity index (χ4n) is 1.00. The number of rotatable bonds is 6. The maximum absolute atomic E-state index is 11.5. The van der Waals surface area contributed by atoms with Gasteiger partial charge >= 0.3 is 0 Å². The van der Waals surface area contributed by atoms with E-state index < -0.39 is 10.0 Å². The number of hydrogen-bond acceptors (Lipinski definition) is 5. The Bertz CT molecular complexity index is 379. The average Bonchev–Trinajstić information content (AvgIpc) is 2.18. The number of unbranched alkanes of at least 4 members (excludes halogenated alkanes) is 1. The molecule has 0 fully saturated rings. The van der Waals surface area contributed by atoms with Crippen LogP contribution < -0.4 is 10.5 Å². The molecule has 1 aromatic rings. The zero-order valence-electron chi connectivity index (χ0n) is 8.26. The molecule has 0 amide bonds. The lowest BCUT2D eigenvalue weighted by atomic mass is 10.3. The van der Waals surface area contributed by atoms with E-state index in [4.69, 9.17) is 5.73 Å².